The Morgan fingerprint density at radius 1 is 1.04 bits per heavy atom. The lowest BCUT2D eigenvalue weighted by Gasteiger charge is -2.09. The first-order valence-electron chi connectivity index (χ1n) is 9.65. The number of anilines is 2. The summed E-state index contributed by atoms with van der Waals surface area (Å²) in [5, 5.41) is 2.48. The van der Waals surface area contributed by atoms with Crippen molar-refractivity contribution in [2.75, 3.05) is 17.7 Å². The fourth-order valence-corrected chi connectivity index (χ4v) is 3.37. The highest BCUT2D eigenvalue weighted by molar-refractivity contribution is 7.86. The van der Waals surface area contributed by atoms with E-state index in [1.54, 1.807) is 0 Å². The molecule has 154 valence electrons. The van der Waals surface area contributed by atoms with E-state index in [9.17, 15) is 13.2 Å². The molecule has 0 aliphatic carbocycles. The summed E-state index contributed by atoms with van der Waals surface area (Å²) in [5.41, 5.74) is 5.72. The summed E-state index contributed by atoms with van der Waals surface area (Å²) in [6.07, 6.45) is 11.4. The molecule has 0 bridgehead atoms. The van der Waals surface area contributed by atoms with E-state index in [4.69, 9.17) is 15.0 Å². The predicted molar refractivity (Wildman–Crippen MR) is 107 cm³/mol. The van der Waals surface area contributed by atoms with Crippen LogP contribution in [-0.4, -0.2) is 25.7 Å². The monoisotopic (exact) mass is 400 g/mol. The molecular formula is C19H32N2O5S. The van der Waals surface area contributed by atoms with Crippen molar-refractivity contribution in [1.29, 1.82) is 0 Å². The third kappa shape index (κ3) is 10.2. The van der Waals surface area contributed by atoms with Gasteiger partial charge in [-0.1, -0.05) is 64.7 Å². The minimum Gasteiger partial charge on any atom is -0.449 e. The van der Waals surface area contributed by atoms with Crippen LogP contribution in [0.4, 0.5) is 16.2 Å². The number of rotatable bonds is 13. The Bertz CT molecular complexity index is 677. The Hall–Kier alpha value is -1.80. The van der Waals surface area contributed by atoms with Crippen molar-refractivity contribution in [2.24, 2.45) is 0 Å². The summed E-state index contributed by atoms with van der Waals surface area (Å²) in [7, 11) is -4.38. The number of nitrogens with two attached hydrogens (primary N) is 1. The highest BCUT2D eigenvalue weighted by atomic mass is 32.2. The van der Waals surface area contributed by atoms with Gasteiger partial charge >= 0.3 is 6.09 Å². The SMILES string of the molecule is CCCCCCCCCCCCOC(=O)Nc1ccc(S(=O)(=O)O)c(N)c1. The fraction of sp³-hybridized carbons (Fsp3) is 0.632. The van der Waals surface area contributed by atoms with Gasteiger partial charge in [-0.05, 0) is 24.6 Å². The van der Waals surface area contributed by atoms with Crippen LogP contribution in [0.5, 0.6) is 0 Å². The fourth-order valence-electron chi connectivity index (χ4n) is 2.77. The second kappa shape index (κ2) is 12.6. The van der Waals surface area contributed by atoms with Crippen molar-refractivity contribution in [3.05, 3.63) is 18.2 Å². The van der Waals surface area contributed by atoms with Crippen LogP contribution < -0.4 is 11.1 Å². The van der Waals surface area contributed by atoms with Crippen LogP contribution >= 0.6 is 0 Å². The van der Waals surface area contributed by atoms with Crippen LogP contribution in [0.2, 0.25) is 0 Å². The van der Waals surface area contributed by atoms with Gasteiger partial charge in [0, 0.05) is 5.69 Å². The van der Waals surface area contributed by atoms with Gasteiger partial charge in [0.2, 0.25) is 0 Å². The Labute approximate surface area is 162 Å². The van der Waals surface area contributed by atoms with E-state index in [1.165, 1.54) is 57.1 Å². The second-order valence-corrected chi connectivity index (χ2v) is 8.06. The molecule has 0 fully saturated rings. The van der Waals surface area contributed by atoms with Crippen LogP contribution in [0.25, 0.3) is 0 Å². The lowest BCUT2D eigenvalue weighted by Crippen LogP contribution is -2.15. The number of ether oxygens (including phenoxy) is 1. The molecule has 0 radical (unpaired) electrons. The number of carbonyl (C=O) groups is 1. The van der Waals surface area contributed by atoms with E-state index in [0.717, 1.165) is 25.3 Å². The molecule has 0 heterocycles. The van der Waals surface area contributed by atoms with E-state index in [-0.39, 0.29) is 5.69 Å². The molecular weight excluding hydrogens is 368 g/mol. The first kappa shape index (κ1) is 23.2. The third-order valence-electron chi connectivity index (χ3n) is 4.27. The normalized spacial score (nSPS) is 11.3. The molecule has 0 aromatic heterocycles. The highest BCUT2D eigenvalue weighted by Gasteiger charge is 2.14. The number of benzene rings is 1. The zero-order chi connectivity index (χ0) is 20.1. The van der Waals surface area contributed by atoms with Gasteiger partial charge in [0.25, 0.3) is 10.1 Å². The van der Waals surface area contributed by atoms with Crippen LogP contribution in [0.15, 0.2) is 23.1 Å². The van der Waals surface area contributed by atoms with E-state index < -0.39 is 21.1 Å². The molecule has 0 atom stereocenters. The predicted octanol–water partition coefficient (Wildman–Crippen LogP) is 4.98. The van der Waals surface area contributed by atoms with Gasteiger partial charge < -0.3 is 10.5 Å². The van der Waals surface area contributed by atoms with Crippen molar-refractivity contribution in [3.8, 4) is 0 Å². The Balaban J connectivity index is 2.13. The van der Waals surface area contributed by atoms with Gasteiger partial charge in [0.05, 0.1) is 12.3 Å². The summed E-state index contributed by atoms with van der Waals surface area (Å²) < 4.78 is 36.2. The Kier molecular flexibility index (Phi) is 10.8. The number of hydrogen-bond donors (Lipinski definition) is 3. The summed E-state index contributed by atoms with van der Waals surface area (Å²) in [6, 6.07) is 3.72. The molecule has 0 aliphatic rings. The number of carbonyl (C=O) groups excluding carboxylic acids is 1. The summed E-state index contributed by atoms with van der Waals surface area (Å²) in [4.78, 5) is 11.3. The average molecular weight is 401 g/mol. The maximum atomic E-state index is 11.7. The van der Waals surface area contributed by atoms with Gasteiger partial charge in [-0.15, -0.1) is 0 Å². The Morgan fingerprint density at radius 3 is 2.11 bits per heavy atom. The van der Waals surface area contributed by atoms with E-state index >= 15 is 0 Å². The van der Waals surface area contributed by atoms with Crippen molar-refractivity contribution in [1.82, 2.24) is 0 Å². The molecule has 4 N–H and O–H groups in total. The van der Waals surface area contributed by atoms with Crippen molar-refractivity contribution in [2.45, 2.75) is 76.0 Å². The third-order valence-corrected chi connectivity index (χ3v) is 5.19. The first-order valence-corrected chi connectivity index (χ1v) is 11.1. The van der Waals surface area contributed by atoms with Crippen LogP contribution in [0.1, 0.15) is 71.1 Å². The molecule has 27 heavy (non-hydrogen) atoms. The number of nitrogen functional groups attached to an aromatic ring is 1. The molecule has 0 aliphatic heterocycles. The van der Waals surface area contributed by atoms with Crippen LogP contribution in [0.3, 0.4) is 0 Å². The van der Waals surface area contributed by atoms with Crippen LogP contribution in [-0.2, 0) is 14.9 Å². The topological polar surface area (TPSA) is 119 Å². The number of nitrogens with one attached hydrogen (secondary N) is 1. The summed E-state index contributed by atoms with van der Waals surface area (Å²) in [6.45, 7) is 2.55. The molecule has 1 rings (SSSR count). The van der Waals surface area contributed by atoms with E-state index in [0.29, 0.717) is 12.3 Å². The van der Waals surface area contributed by atoms with Crippen LogP contribution in [0, 0.1) is 0 Å². The van der Waals surface area contributed by atoms with Gasteiger partial charge in [0.1, 0.15) is 4.90 Å². The maximum absolute atomic E-state index is 11.7. The molecule has 0 unspecified atom stereocenters. The van der Waals surface area contributed by atoms with Gasteiger partial charge in [0.15, 0.2) is 0 Å². The molecule has 1 aromatic carbocycles. The zero-order valence-electron chi connectivity index (χ0n) is 16.1. The lowest BCUT2D eigenvalue weighted by atomic mass is 10.1. The lowest BCUT2D eigenvalue weighted by molar-refractivity contribution is 0.159. The summed E-state index contributed by atoms with van der Waals surface area (Å²) in [5.74, 6) is 0. The smallest absolute Gasteiger partial charge is 0.411 e. The second-order valence-electron chi connectivity index (χ2n) is 6.67. The van der Waals surface area contributed by atoms with E-state index in [2.05, 4.69) is 12.2 Å². The number of unbranched alkanes of at least 4 members (excludes halogenated alkanes) is 9. The highest BCUT2D eigenvalue weighted by Crippen LogP contribution is 2.22. The Morgan fingerprint density at radius 2 is 1.59 bits per heavy atom. The van der Waals surface area contributed by atoms with Gasteiger partial charge in [-0.25, -0.2) is 4.79 Å². The molecule has 8 heteroatoms. The quantitative estimate of drug-likeness (QED) is 0.244. The minimum absolute atomic E-state index is 0.148. The average Bonchev–Trinajstić information content (AvgIpc) is 2.58. The minimum atomic E-state index is -4.38. The molecule has 1 amide bonds. The standard InChI is InChI=1S/C19H32N2O5S/c1-2-3-4-5-6-7-8-9-10-11-14-26-19(22)21-16-12-13-18(17(20)15-16)27(23,24)25/h12-13,15H,2-11,14,20H2,1H3,(H,21,22)(H,23,24,25). The number of amides is 1. The molecule has 0 spiro atoms. The zero-order valence-corrected chi connectivity index (χ0v) is 16.9. The van der Waals surface area contributed by atoms with Gasteiger partial charge in [-0.3, -0.25) is 9.87 Å². The van der Waals surface area contributed by atoms with Crippen molar-refractivity contribution < 1.29 is 22.5 Å². The van der Waals surface area contributed by atoms with E-state index in [1.807, 2.05) is 0 Å². The maximum Gasteiger partial charge on any atom is 0.411 e. The van der Waals surface area contributed by atoms with Gasteiger partial charge in [-0.2, -0.15) is 8.42 Å². The van der Waals surface area contributed by atoms with Crippen molar-refractivity contribution in [3.63, 3.8) is 0 Å². The van der Waals surface area contributed by atoms with Crippen molar-refractivity contribution >= 4 is 27.6 Å². The first-order chi connectivity index (χ1) is 12.8. The molecule has 0 saturated carbocycles. The molecule has 1 aromatic rings. The number of hydrogen-bond acceptors (Lipinski definition) is 5. The molecule has 0 saturated heterocycles. The molecule has 7 nitrogen and oxygen atoms in total. The largest absolute Gasteiger partial charge is 0.449 e. The summed E-state index contributed by atoms with van der Waals surface area (Å²) >= 11 is 0.